The molecule has 0 atom stereocenters. The van der Waals surface area contributed by atoms with Crippen molar-refractivity contribution >= 4 is 27.3 Å². The average molecular weight is 437 g/mol. The highest BCUT2D eigenvalue weighted by Gasteiger charge is 2.27. The molecule has 162 valence electrons. The molecule has 0 aliphatic rings. The van der Waals surface area contributed by atoms with E-state index in [0.717, 1.165) is 5.56 Å². The number of carbonyl (C=O) groups is 1. The fourth-order valence-electron chi connectivity index (χ4n) is 3.32. The second-order valence-corrected chi connectivity index (χ2v) is 10.1. The number of rotatable bonds is 6. The number of hydrogen-bond donors (Lipinski definition) is 1. The number of hydrogen-bond acceptors (Lipinski definition) is 3. The van der Waals surface area contributed by atoms with Crippen LogP contribution in [0.25, 0.3) is 0 Å². The third-order valence-corrected chi connectivity index (χ3v) is 7.01. The Hall–Kier alpha value is -3.12. The molecule has 0 aliphatic carbocycles. The van der Waals surface area contributed by atoms with E-state index in [1.165, 1.54) is 10.4 Å². The van der Waals surface area contributed by atoms with Gasteiger partial charge in [-0.3, -0.25) is 9.10 Å². The lowest BCUT2D eigenvalue weighted by Crippen LogP contribution is -2.31. The van der Waals surface area contributed by atoms with Crippen LogP contribution in [0.4, 0.5) is 11.4 Å². The smallest absolute Gasteiger partial charge is 0.266 e. The summed E-state index contributed by atoms with van der Waals surface area (Å²) in [6.45, 7) is 8.37. The zero-order valence-electron chi connectivity index (χ0n) is 18.3. The van der Waals surface area contributed by atoms with Crippen LogP contribution in [0.5, 0.6) is 0 Å². The summed E-state index contributed by atoms with van der Waals surface area (Å²) >= 11 is 0. The molecule has 0 heterocycles. The fraction of sp³-hybridized carbons (Fsp3) is 0.240. The van der Waals surface area contributed by atoms with Gasteiger partial charge in [-0.25, -0.2) is 8.42 Å². The Morgan fingerprint density at radius 3 is 2.03 bits per heavy atom. The van der Waals surface area contributed by atoms with Crippen molar-refractivity contribution in [2.45, 2.75) is 38.0 Å². The van der Waals surface area contributed by atoms with Gasteiger partial charge in [0.2, 0.25) is 0 Å². The summed E-state index contributed by atoms with van der Waals surface area (Å²) < 4.78 is 28.2. The molecule has 0 aromatic heterocycles. The number of nitrogens with zero attached hydrogens (tertiary/aromatic N) is 1. The first kappa shape index (κ1) is 22.6. The number of carbonyl (C=O) groups excluding carboxylic acids is 1. The van der Waals surface area contributed by atoms with E-state index >= 15 is 0 Å². The Balaban J connectivity index is 1.92. The quantitative estimate of drug-likeness (QED) is 0.559. The SMILES string of the molecule is CCN(c1ccccc1)S(=O)(=O)c1ccccc1NC(=O)c1ccc(C(C)(C)C)cc1. The molecule has 0 fully saturated rings. The standard InChI is InChI=1S/C25H28N2O3S/c1-5-27(21-11-7-6-8-12-21)31(29,30)23-14-10-9-13-22(23)26-24(28)19-15-17-20(18-16-19)25(2,3)4/h6-18H,5H2,1-4H3,(H,26,28). The predicted octanol–water partition coefficient (Wildman–Crippen LogP) is 5.45. The summed E-state index contributed by atoms with van der Waals surface area (Å²) in [4.78, 5) is 12.9. The topological polar surface area (TPSA) is 66.5 Å². The van der Waals surface area contributed by atoms with Crippen molar-refractivity contribution in [3.05, 3.63) is 90.0 Å². The fourth-order valence-corrected chi connectivity index (χ4v) is 4.94. The van der Waals surface area contributed by atoms with E-state index in [4.69, 9.17) is 0 Å². The molecular weight excluding hydrogens is 408 g/mol. The van der Waals surface area contributed by atoms with Crippen LogP contribution in [0.2, 0.25) is 0 Å². The molecule has 0 saturated carbocycles. The van der Waals surface area contributed by atoms with Crippen molar-refractivity contribution in [3.8, 4) is 0 Å². The van der Waals surface area contributed by atoms with Crippen LogP contribution < -0.4 is 9.62 Å². The normalized spacial score (nSPS) is 11.7. The zero-order chi connectivity index (χ0) is 22.6. The molecule has 0 saturated heterocycles. The monoisotopic (exact) mass is 436 g/mol. The van der Waals surface area contributed by atoms with Crippen LogP contribution in [0.15, 0.2) is 83.8 Å². The maximum atomic E-state index is 13.4. The maximum absolute atomic E-state index is 13.4. The van der Waals surface area contributed by atoms with Crippen molar-refractivity contribution in [2.24, 2.45) is 0 Å². The lowest BCUT2D eigenvalue weighted by Gasteiger charge is -2.24. The van der Waals surface area contributed by atoms with Crippen molar-refractivity contribution in [3.63, 3.8) is 0 Å². The van der Waals surface area contributed by atoms with Gasteiger partial charge in [-0.05, 0) is 54.3 Å². The largest absolute Gasteiger partial charge is 0.321 e. The molecule has 0 aliphatic heterocycles. The summed E-state index contributed by atoms with van der Waals surface area (Å²) in [6, 6.07) is 22.8. The van der Waals surface area contributed by atoms with Gasteiger partial charge < -0.3 is 5.32 Å². The van der Waals surface area contributed by atoms with E-state index in [-0.39, 0.29) is 28.4 Å². The molecular formula is C25H28N2O3S. The molecule has 3 aromatic carbocycles. The van der Waals surface area contributed by atoms with Gasteiger partial charge in [-0.2, -0.15) is 0 Å². The minimum atomic E-state index is -3.87. The van der Waals surface area contributed by atoms with Crippen LogP contribution in [0, 0.1) is 0 Å². The number of amides is 1. The molecule has 1 amide bonds. The lowest BCUT2D eigenvalue weighted by molar-refractivity contribution is 0.102. The highest BCUT2D eigenvalue weighted by atomic mass is 32.2. The van der Waals surface area contributed by atoms with Crippen LogP contribution in [-0.4, -0.2) is 20.9 Å². The van der Waals surface area contributed by atoms with Gasteiger partial charge in [0, 0.05) is 12.1 Å². The Bertz CT molecular complexity index is 1150. The summed E-state index contributed by atoms with van der Waals surface area (Å²) in [5.74, 6) is -0.356. The minimum Gasteiger partial charge on any atom is -0.321 e. The Morgan fingerprint density at radius 2 is 1.45 bits per heavy atom. The van der Waals surface area contributed by atoms with Gasteiger partial charge in [0.15, 0.2) is 0 Å². The van der Waals surface area contributed by atoms with Crippen molar-refractivity contribution < 1.29 is 13.2 Å². The van der Waals surface area contributed by atoms with E-state index in [1.807, 2.05) is 18.2 Å². The zero-order valence-corrected chi connectivity index (χ0v) is 19.1. The Kier molecular flexibility index (Phi) is 6.51. The third kappa shape index (κ3) is 4.97. The number of para-hydroxylation sites is 2. The Labute approximate surface area is 184 Å². The maximum Gasteiger partial charge on any atom is 0.266 e. The van der Waals surface area contributed by atoms with Crippen LogP contribution in [0.1, 0.15) is 43.6 Å². The third-order valence-electron chi connectivity index (χ3n) is 5.05. The highest BCUT2D eigenvalue weighted by molar-refractivity contribution is 7.93. The van der Waals surface area contributed by atoms with Crippen molar-refractivity contribution in [2.75, 3.05) is 16.2 Å². The van der Waals surface area contributed by atoms with E-state index < -0.39 is 10.0 Å². The lowest BCUT2D eigenvalue weighted by atomic mass is 9.87. The van der Waals surface area contributed by atoms with E-state index in [2.05, 4.69) is 26.1 Å². The van der Waals surface area contributed by atoms with E-state index in [1.54, 1.807) is 61.5 Å². The summed E-state index contributed by atoms with van der Waals surface area (Å²) in [7, 11) is -3.87. The van der Waals surface area contributed by atoms with Gasteiger partial charge >= 0.3 is 0 Å². The first-order chi connectivity index (χ1) is 14.6. The number of nitrogens with one attached hydrogen (secondary N) is 1. The van der Waals surface area contributed by atoms with Gasteiger partial charge in [-0.15, -0.1) is 0 Å². The highest BCUT2D eigenvalue weighted by Crippen LogP contribution is 2.29. The number of sulfonamides is 1. The first-order valence-corrected chi connectivity index (χ1v) is 11.7. The molecule has 0 radical (unpaired) electrons. The number of anilines is 2. The minimum absolute atomic E-state index is 0.0171. The van der Waals surface area contributed by atoms with Gasteiger partial charge in [0.25, 0.3) is 15.9 Å². The molecule has 3 rings (SSSR count). The van der Waals surface area contributed by atoms with Crippen molar-refractivity contribution in [1.82, 2.24) is 0 Å². The average Bonchev–Trinajstić information content (AvgIpc) is 2.74. The molecule has 5 nitrogen and oxygen atoms in total. The van der Waals surface area contributed by atoms with Crippen LogP contribution in [0.3, 0.4) is 0 Å². The Morgan fingerprint density at radius 1 is 0.871 bits per heavy atom. The molecule has 0 bridgehead atoms. The second kappa shape index (κ2) is 8.94. The van der Waals surface area contributed by atoms with Crippen molar-refractivity contribution in [1.29, 1.82) is 0 Å². The predicted molar refractivity (Wildman–Crippen MR) is 126 cm³/mol. The van der Waals surface area contributed by atoms with Crippen LogP contribution >= 0.6 is 0 Å². The van der Waals surface area contributed by atoms with Gasteiger partial charge in [0.05, 0.1) is 11.4 Å². The van der Waals surface area contributed by atoms with E-state index in [9.17, 15) is 13.2 Å². The number of benzene rings is 3. The molecule has 0 unspecified atom stereocenters. The summed E-state index contributed by atoms with van der Waals surface area (Å²) in [5.41, 5.74) is 2.39. The van der Waals surface area contributed by atoms with Gasteiger partial charge in [-0.1, -0.05) is 63.2 Å². The van der Waals surface area contributed by atoms with Gasteiger partial charge in [0.1, 0.15) is 4.90 Å². The second-order valence-electron chi connectivity index (χ2n) is 8.28. The van der Waals surface area contributed by atoms with Crippen LogP contribution in [-0.2, 0) is 15.4 Å². The summed E-state index contributed by atoms with van der Waals surface area (Å²) in [5, 5.41) is 2.78. The van der Waals surface area contributed by atoms with E-state index in [0.29, 0.717) is 11.3 Å². The summed E-state index contributed by atoms with van der Waals surface area (Å²) in [6.07, 6.45) is 0. The first-order valence-electron chi connectivity index (χ1n) is 10.2. The molecule has 0 spiro atoms. The molecule has 1 N–H and O–H groups in total. The molecule has 3 aromatic rings. The molecule has 31 heavy (non-hydrogen) atoms. The molecule has 6 heteroatoms.